The van der Waals surface area contributed by atoms with Crippen molar-refractivity contribution in [1.82, 2.24) is 10.2 Å². The molecule has 206 valence electrons. The zero-order valence-corrected chi connectivity index (χ0v) is 23.8. The molecule has 1 aliphatic heterocycles. The molecule has 0 saturated heterocycles. The highest BCUT2D eigenvalue weighted by Crippen LogP contribution is 2.43. The Bertz CT molecular complexity index is 1330. The number of hydrogen-bond acceptors (Lipinski definition) is 7. The Labute approximate surface area is 234 Å². The van der Waals surface area contributed by atoms with Crippen molar-refractivity contribution >= 4 is 17.7 Å². The van der Waals surface area contributed by atoms with Gasteiger partial charge in [-0.3, -0.25) is 9.69 Å². The van der Waals surface area contributed by atoms with Gasteiger partial charge in [-0.05, 0) is 65.8 Å². The first kappa shape index (κ1) is 27.2. The van der Waals surface area contributed by atoms with Crippen molar-refractivity contribution in [2.45, 2.75) is 36.2 Å². The molecule has 2 aliphatic rings. The summed E-state index contributed by atoms with van der Waals surface area (Å²) < 4.78 is 22.3. The van der Waals surface area contributed by atoms with Gasteiger partial charge in [0.25, 0.3) is 0 Å². The number of rotatable bonds is 9. The fourth-order valence-corrected chi connectivity index (χ4v) is 6.78. The number of benzene rings is 3. The van der Waals surface area contributed by atoms with Crippen LogP contribution in [0, 0.1) is 0 Å². The van der Waals surface area contributed by atoms with Crippen LogP contribution in [0.2, 0.25) is 0 Å². The standard InChI is InChI=1S/C31H36N2O5S/c1-35-26-12-9-20(16-27(26)36-2)15-25-23-17-28(37-3)29(38-4)18-30(23)39-14-13-33(25)19-31(34)32-24-11-10-21-7-5-6-8-22(21)24/h5-9,12,16-18,24-25H,10-11,13-15,19H2,1-4H3,(H,32,34). The molecule has 3 aromatic rings. The van der Waals surface area contributed by atoms with E-state index in [4.69, 9.17) is 18.9 Å². The van der Waals surface area contributed by atoms with Gasteiger partial charge in [0.05, 0.1) is 41.0 Å². The molecule has 2 atom stereocenters. The number of fused-ring (bicyclic) bond motifs is 2. The quantitative estimate of drug-likeness (QED) is 0.393. The van der Waals surface area contributed by atoms with E-state index in [-0.39, 0.29) is 18.0 Å². The molecule has 0 spiro atoms. The molecule has 0 fully saturated rings. The van der Waals surface area contributed by atoms with Gasteiger partial charge in [-0.1, -0.05) is 30.3 Å². The molecule has 1 heterocycles. The summed E-state index contributed by atoms with van der Waals surface area (Å²) in [6, 6.07) is 18.6. The van der Waals surface area contributed by atoms with Gasteiger partial charge in [-0.15, -0.1) is 11.8 Å². The van der Waals surface area contributed by atoms with Crippen molar-refractivity contribution in [1.29, 1.82) is 0 Å². The van der Waals surface area contributed by atoms with Crippen molar-refractivity contribution < 1.29 is 23.7 Å². The molecule has 0 saturated carbocycles. The van der Waals surface area contributed by atoms with Crippen LogP contribution in [0.15, 0.2) is 59.5 Å². The van der Waals surface area contributed by atoms with Gasteiger partial charge in [0.2, 0.25) is 5.91 Å². The van der Waals surface area contributed by atoms with E-state index in [1.54, 1.807) is 40.2 Å². The van der Waals surface area contributed by atoms with Crippen LogP contribution in [0.5, 0.6) is 23.0 Å². The third-order valence-corrected chi connectivity index (χ3v) is 8.69. The highest BCUT2D eigenvalue weighted by atomic mass is 32.2. The zero-order chi connectivity index (χ0) is 27.4. The Morgan fingerprint density at radius 1 is 0.897 bits per heavy atom. The Balaban J connectivity index is 1.45. The second-order valence-corrected chi connectivity index (χ2v) is 11.0. The highest BCUT2D eigenvalue weighted by Gasteiger charge is 2.31. The predicted molar refractivity (Wildman–Crippen MR) is 153 cm³/mol. The lowest BCUT2D eigenvalue weighted by Crippen LogP contribution is -2.41. The van der Waals surface area contributed by atoms with Crippen LogP contribution in [0.1, 0.15) is 40.8 Å². The lowest BCUT2D eigenvalue weighted by Gasteiger charge is -2.31. The van der Waals surface area contributed by atoms with Gasteiger partial charge in [0.15, 0.2) is 23.0 Å². The third-order valence-electron chi connectivity index (χ3n) is 7.64. The van der Waals surface area contributed by atoms with Crippen LogP contribution >= 0.6 is 11.8 Å². The summed E-state index contributed by atoms with van der Waals surface area (Å²) in [4.78, 5) is 16.9. The van der Waals surface area contributed by atoms with E-state index in [9.17, 15) is 4.79 Å². The smallest absolute Gasteiger partial charge is 0.234 e. The van der Waals surface area contributed by atoms with Crippen molar-refractivity contribution in [3.63, 3.8) is 0 Å². The van der Waals surface area contributed by atoms with E-state index in [0.29, 0.717) is 36.0 Å². The van der Waals surface area contributed by atoms with Crippen molar-refractivity contribution in [2.75, 3.05) is 47.3 Å². The zero-order valence-electron chi connectivity index (χ0n) is 23.0. The van der Waals surface area contributed by atoms with Crippen LogP contribution in [-0.4, -0.2) is 58.1 Å². The van der Waals surface area contributed by atoms with E-state index in [0.717, 1.165) is 41.2 Å². The van der Waals surface area contributed by atoms with E-state index in [1.165, 1.54) is 11.1 Å². The molecule has 39 heavy (non-hydrogen) atoms. The minimum absolute atomic E-state index is 0.0444. The molecular weight excluding hydrogens is 512 g/mol. The van der Waals surface area contributed by atoms with Crippen molar-refractivity contribution in [3.8, 4) is 23.0 Å². The van der Waals surface area contributed by atoms with Crippen LogP contribution < -0.4 is 24.3 Å². The van der Waals surface area contributed by atoms with Crippen LogP contribution in [0.25, 0.3) is 0 Å². The molecule has 3 aromatic carbocycles. The maximum atomic E-state index is 13.5. The summed E-state index contributed by atoms with van der Waals surface area (Å²) in [5.74, 6) is 3.68. The molecule has 0 bridgehead atoms. The van der Waals surface area contributed by atoms with Gasteiger partial charge in [0.1, 0.15) is 0 Å². The Morgan fingerprint density at radius 2 is 1.62 bits per heavy atom. The van der Waals surface area contributed by atoms with E-state index >= 15 is 0 Å². The lowest BCUT2D eigenvalue weighted by molar-refractivity contribution is -0.123. The molecule has 0 radical (unpaired) electrons. The topological polar surface area (TPSA) is 69.3 Å². The minimum atomic E-state index is -0.0467. The summed E-state index contributed by atoms with van der Waals surface area (Å²) in [5, 5.41) is 3.32. The molecule has 7 nitrogen and oxygen atoms in total. The number of thioether (sulfide) groups is 1. The summed E-state index contributed by atoms with van der Waals surface area (Å²) in [7, 11) is 6.60. The predicted octanol–water partition coefficient (Wildman–Crippen LogP) is 5.22. The number of amides is 1. The van der Waals surface area contributed by atoms with Crippen molar-refractivity contribution in [3.05, 3.63) is 76.9 Å². The number of nitrogens with one attached hydrogen (secondary N) is 1. The average Bonchev–Trinajstić information content (AvgIpc) is 3.29. The third kappa shape index (κ3) is 5.82. The number of methoxy groups -OCH3 is 4. The van der Waals surface area contributed by atoms with Gasteiger partial charge in [-0.25, -0.2) is 0 Å². The van der Waals surface area contributed by atoms with Gasteiger partial charge in [0, 0.05) is 23.2 Å². The molecule has 8 heteroatoms. The average molecular weight is 549 g/mol. The summed E-state index contributed by atoms with van der Waals surface area (Å²) >= 11 is 1.79. The Kier molecular flexibility index (Phi) is 8.53. The van der Waals surface area contributed by atoms with E-state index < -0.39 is 0 Å². The number of carbonyl (C=O) groups is 1. The second-order valence-electron chi connectivity index (χ2n) is 9.83. The Hall–Kier alpha value is -3.36. The molecular formula is C31H36N2O5S. The van der Waals surface area contributed by atoms with Crippen LogP contribution in [0.3, 0.4) is 0 Å². The highest BCUT2D eigenvalue weighted by molar-refractivity contribution is 7.99. The molecule has 2 unspecified atom stereocenters. The molecule has 1 N–H and O–H groups in total. The first-order chi connectivity index (χ1) is 19.0. The minimum Gasteiger partial charge on any atom is -0.493 e. The normalized spacial score (nSPS) is 18.5. The number of carbonyl (C=O) groups excluding carboxylic acids is 1. The maximum absolute atomic E-state index is 13.5. The lowest BCUT2D eigenvalue weighted by atomic mass is 9.96. The molecule has 0 aromatic heterocycles. The fourth-order valence-electron chi connectivity index (χ4n) is 5.68. The number of hydrogen-bond donors (Lipinski definition) is 1. The van der Waals surface area contributed by atoms with Crippen molar-refractivity contribution in [2.24, 2.45) is 0 Å². The Morgan fingerprint density at radius 3 is 2.38 bits per heavy atom. The molecule has 5 rings (SSSR count). The molecule has 1 aliphatic carbocycles. The van der Waals surface area contributed by atoms with Gasteiger partial charge < -0.3 is 24.3 Å². The number of aryl methyl sites for hydroxylation is 1. The first-order valence-electron chi connectivity index (χ1n) is 13.3. The maximum Gasteiger partial charge on any atom is 0.234 e. The van der Waals surface area contributed by atoms with E-state index in [1.807, 2.05) is 18.2 Å². The van der Waals surface area contributed by atoms with Gasteiger partial charge in [-0.2, -0.15) is 0 Å². The van der Waals surface area contributed by atoms with Crippen LogP contribution in [0.4, 0.5) is 0 Å². The largest absolute Gasteiger partial charge is 0.493 e. The van der Waals surface area contributed by atoms with E-state index in [2.05, 4.69) is 46.6 Å². The second kappa shape index (κ2) is 12.2. The number of ether oxygens (including phenoxy) is 4. The summed E-state index contributed by atoms with van der Waals surface area (Å²) in [6.45, 7) is 1.08. The molecule has 1 amide bonds. The number of nitrogens with zero attached hydrogens (tertiary/aromatic N) is 1. The first-order valence-corrected chi connectivity index (χ1v) is 14.2. The summed E-state index contributed by atoms with van der Waals surface area (Å²) in [5.41, 5.74) is 4.79. The van der Waals surface area contributed by atoms with Crippen LogP contribution in [-0.2, 0) is 17.6 Å². The SMILES string of the molecule is COc1ccc(CC2c3cc(OC)c(OC)cc3SCCN2CC(=O)NC2CCc3ccccc32)cc1OC. The monoisotopic (exact) mass is 548 g/mol. The fraction of sp³-hybridized carbons (Fsp3) is 0.387. The summed E-state index contributed by atoms with van der Waals surface area (Å²) in [6.07, 6.45) is 2.64. The van der Waals surface area contributed by atoms with Gasteiger partial charge >= 0.3 is 0 Å².